The van der Waals surface area contributed by atoms with Crippen molar-refractivity contribution in [1.29, 1.82) is 0 Å². The van der Waals surface area contributed by atoms with Crippen LogP contribution in [0.3, 0.4) is 0 Å². The summed E-state index contributed by atoms with van der Waals surface area (Å²) in [5.41, 5.74) is 0.889. The molecule has 0 aliphatic rings. The van der Waals surface area contributed by atoms with E-state index in [-0.39, 0.29) is 11.3 Å². The molecule has 0 saturated heterocycles. The lowest BCUT2D eigenvalue weighted by Crippen LogP contribution is -2.00. The summed E-state index contributed by atoms with van der Waals surface area (Å²) in [7, 11) is 0. The minimum absolute atomic E-state index is 0.111. The van der Waals surface area contributed by atoms with Gasteiger partial charge in [0.15, 0.2) is 0 Å². The minimum atomic E-state index is -1.03. The lowest BCUT2D eigenvalue weighted by Gasteiger charge is -2.08. The second-order valence-electron chi connectivity index (χ2n) is 3.62. The molecule has 2 aromatic rings. The number of nitrogens with zero attached hydrogens (tertiary/aromatic N) is 1. The summed E-state index contributed by atoms with van der Waals surface area (Å²) in [6.45, 7) is 1.83. The van der Waals surface area contributed by atoms with Gasteiger partial charge in [-0.15, -0.1) is 0 Å². The SMILES string of the molecule is Cc1nc(Oc2ccccc2C(=O)O)ccc1Br. The third-order valence-electron chi connectivity index (χ3n) is 2.33. The van der Waals surface area contributed by atoms with Crippen molar-refractivity contribution in [2.45, 2.75) is 6.92 Å². The number of hydrogen-bond donors (Lipinski definition) is 1. The number of benzene rings is 1. The minimum Gasteiger partial charge on any atom is -0.478 e. The molecule has 1 aromatic heterocycles. The Labute approximate surface area is 112 Å². The highest BCUT2D eigenvalue weighted by atomic mass is 79.9. The van der Waals surface area contributed by atoms with Crippen LogP contribution in [0.4, 0.5) is 0 Å². The Morgan fingerprint density at radius 2 is 2.00 bits per heavy atom. The Bertz CT molecular complexity index is 599. The van der Waals surface area contributed by atoms with Gasteiger partial charge in [0.05, 0.1) is 5.69 Å². The lowest BCUT2D eigenvalue weighted by molar-refractivity contribution is 0.0694. The number of halogens is 1. The Kier molecular flexibility index (Phi) is 3.62. The quantitative estimate of drug-likeness (QED) is 0.940. The molecule has 5 heteroatoms. The average molecular weight is 308 g/mol. The molecular weight excluding hydrogens is 298 g/mol. The molecule has 0 unspecified atom stereocenters. The van der Waals surface area contributed by atoms with Gasteiger partial charge in [-0.05, 0) is 41.1 Å². The molecule has 0 amide bonds. The summed E-state index contributed by atoms with van der Waals surface area (Å²) in [5, 5.41) is 9.03. The zero-order valence-corrected chi connectivity index (χ0v) is 11.1. The molecule has 0 spiro atoms. The maximum Gasteiger partial charge on any atom is 0.339 e. The first-order valence-corrected chi connectivity index (χ1v) is 6.00. The molecule has 1 N–H and O–H groups in total. The molecule has 4 nitrogen and oxygen atoms in total. The van der Waals surface area contributed by atoms with Crippen LogP contribution in [0.2, 0.25) is 0 Å². The number of aromatic nitrogens is 1. The number of aryl methyl sites for hydroxylation is 1. The molecule has 0 aliphatic heterocycles. The van der Waals surface area contributed by atoms with E-state index >= 15 is 0 Å². The zero-order valence-electron chi connectivity index (χ0n) is 9.55. The van der Waals surface area contributed by atoms with Gasteiger partial charge in [-0.25, -0.2) is 9.78 Å². The van der Waals surface area contributed by atoms with Crippen LogP contribution < -0.4 is 4.74 Å². The van der Waals surface area contributed by atoms with E-state index in [1.807, 2.05) is 6.92 Å². The van der Waals surface area contributed by atoms with Crippen molar-refractivity contribution in [3.05, 3.63) is 52.1 Å². The van der Waals surface area contributed by atoms with Crippen molar-refractivity contribution in [1.82, 2.24) is 4.98 Å². The zero-order chi connectivity index (χ0) is 13.1. The molecule has 0 fully saturated rings. The molecule has 1 aromatic carbocycles. The molecule has 0 radical (unpaired) electrons. The number of ether oxygens (including phenoxy) is 1. The maximum atomic E-state index is 11.0. The van der Waals surface area contributed by atoms with Crippen LogP contribution in [0.15, 0.2) is 40.9 Å². The van der Waals surface area contributed by atoms with Gasteiger partial charge in [-0.2, -0.15) is 0 Å². The summed E-state index contributed by atoms with van der Waals surface area (Å²) < 4.78 is 6.37. The molecule has 18 heavy (non-hydrogen) atoms. The number of carboxylic acids is 1. The van der Waals surface area contributed by atoms with Crippen LogP contribution >= 0.6 is 15.9 Å². The van der Waals surface area contributed by atoms with Gasteiger partial charge in [0.2, 0.25) is 5.88 Å². The largest absolute Gasteiger partial charge is 0.478 e. The van der Waals surface area contributed by atoms with E-state index in [9.17, 15) is 4.79 Å². The summed E-state index contributed by atoms with van der Waals surface area (Å²) in [5.74, 6) is -0.386. The summed E-state index contributed by atoms with van der Waals surface area (Å²) in [6, 6.07) is 9.94. The fourth-order valence-corrected chi connectivity index (χ4v) is 1.64. The van der Waals surface area contributed by atoms with Crippen LogP contribution in [0, 0.1) is 6.92 Å². The summed E-state index contributed by atoms with van der Waals surface area (Å²) >= 11 is 3.34. The highest BCUT2D eigenvalue weighted by molar-refractivity contribution is 9.10. The molecule has 0 aliphatic carbocycles. The molecule has 92 valence electrons. The fourth-order valence-electron chi connectivity index (χ4n) is 1.42. The second kappa shape index (κ2) is 5.18. The van der Waals surface area contributed by atoms with E-state index in [0.29, 0.717) is 5.88 Å². The summed E-state index contributed by atoms with van der Waals surface area (Å²) in [6.07, 6.45) is 0. The third-order valence-corrected chi connectivity index (χ3v) is 3.17. The number of para-hydroxylation sites is 1. The fraction of sp³-hybridized carbons (Fsp3) is 0.0769. The predicted molar refractivity (Wildman–Crippen MR) is 70.1 cm³/mol. The van der Waals surface area contributed by atoms with Crippen molar-refractivity contribution in [3.63, 3.8) is 0 Å². The Morgan fingerprint density at radius 1 is 1.28 bits per heavy atom. The topological polar surface area (TPSA) is 59.4 Å². The van der Waals surface area contributed by atoms with Gasteiger partial charge < -0.3 is 9.84 Å². The Morgan fingerprint density at radius 3 is 2.67 bits per heavy atom. The standard InChI is InChI=1S/C13H10BrNO3/c1-8-10(14)6-7-12(15-8)18-11-5-3-2-4-9(11)13(16)17/h2-7H,1H3,(H,16,17). The van der Waals surface area contributed by atoms with E-state index in [4.69, 9.17) is 9.84 Å². The van der Waals surface area contributed by atoms with Gasteiger partial charge in [0.25, 0.3) is 0 Å². The van der Waals surface area contributed by atoms with Crippen LogP contribution in [0.25, 0.3) is 0 Å². The normalized spacial score (nSPS) is 10.1. The van der Waals surface area contributed by atoms with Crippen LogP contribution in [-0.4, -0.2) is 16.1 Å². The van der Waals surface area contributed by atoms with Gasteiger partial charge >= 0.3 is 5.97 Å². The first kappa shape index (κ1) is 12.6. The van der Waals surface area contributed by atoms with Crippen LogP contribution in [-0.2, 0) is 0 Å². The molecule has 2 rings (SSSR count). The molecular formula is C13H10BrNO3. The maximum absolute atomic E-state index is 11.0. The van der Waals surface area contributed by atoms with E-state index in [1.165, 1.54) is 6.07 Å². The number of pyridine rings is 1. The summed E-state index contributed by atoms with van der Waals surface area (Å²) in [4.78, 5) is 15.2. The highest BCUT2D eigenvalue weighted by Crippen LogP contribution is 2.25. The molecule has 0 atom stereocenters. The van der Waals surface area contributed by atoms with Crippen molar-refractivity contribution in [2.24, 2.45) is 0 Å². The van der Waals surface area contributed by atoms with Gasteiger partial charge in [0, 0.05) is 10.5 Å². The number of rotatable bonds is 3. The van der Waals surface area contributed by atoms with Crippen molar-refractivity contribution in [3.8, 4) is 11.6 Å². The predicted octanol–water partition coefficient (Wildman–Crippen LogP) is 3.64. The van der Waals surface area contributed by atoms with E-state index < -0.39 is 5.97 Å². The van der Waals surface area contributed by atoms with Crippen molar-refractivity contribution >= 4 is 21.9 Å². The van der Waals surface area contributed by atoms with E-state index in [0.717, 1.165) is 10.2 Å². The Hall–Kier alpha value is -1.88. The van der Waals surface area contributed by atoms with E-state index in [2.05, 4.69) is 20.9 Å². The highest BCUT2D eigenvalue weighted by Gasteiger charge is 2.11. The second-order valence-corrected chi connectivity index (χ2v) is 4.47. The number of hydrogen-bond acceptors (Lipinski definition) is 3. The number of carboxylic acid groups (broad SMARTS) is 1. The van der Waals surface area contributed by atoms with E-state index in [1.54, 1.807) is 30.3 Å². The van der Waals surface area contributed by atoms with Crippen molar-refractivity contribution in [2.75, 3.05) is 0 Å². The molecule has 0 bridgehead atoms. The smallest absolute Gasteiger partial charge is 0.339 e. The average Bonchev–Trinajstić information content (AvgIpc) is 2.34. The first-order chi connectivity index (χ1) is 8.58. The monoisotopic (exact) mass is 307 g/mol. The van der Waals surface area contributed by atoms with Crippen LogP contribution in [0.5, 0.6) is 11.6 Å². The first-order valence-electron chi connectivity index (χ1n) is 5.21. The number of carbonyl (C=O) groups is 1. The number of aromatic carboxylic acids is 1. The van der Waals surface area contributed by atoms with Gasteiger partial charge in [-0.3, -0.25) is 0 Å². The van der Waals surface area contributed by atoms with Crippen LogP contribution in [0.1, 0.15) is 16.1 Å². The van der Waals surface area contributed by atoms with Crippen molar-refractivity contribution < 1.29 is 14.6 Å². The van der Waals surface area contributed by atoms with Gasteiger partial charge in [-0.1, -0.05) is 12.1 Å². The third kappa shape index (κ3) is 2.68. The molecule has 0 saturated carbocycles. The lowest BCUT2D eigenvalue weighted by atomic mass is 10.2. The Balaban J connectivity index is 2.34. The van der Waals surface area contributed by atoms with Gasteiger partial charge in [0.1, 0.15) is 11.3 Å². The molecule has 1 heterocycles.